The van der Waals surface area contributed by atoms with E-state index in [4.69, 9.17) is 4.74 Å². The lowest BCUT2D eigenvalue weighted by Gasteiger charge is -2.33. The van der Waals surface area contributed by atoms with Crippen LogP contribution >= 0.6 is 0 Å². The Kier molecular flexibility index (Phi) is 7.31. The summed E-state index contributed by atoms with van der Waals surface area (Å²) in [5.74, 6) is 0.942. The molecule has 0 aromatic heterocycles. The Morgan fingerprint density at radius 1 is 0.885 bits per heavy atom. The van der Waals surface area contributed by atoms with Crippen LogP contribution in [0.3, 0.4) is 0 Å². The van der Waals surface area contributed by atoms with Gasteiger partial charge in [0.1, 0.15) is 12.4 Å². The number of nitrogens with one attached hydrogen (secondary N) is 2. The maximum Gasteiger partial charge on any atom is 0.119 e. The number of para-hydroxylation sites is 1. The Bertz CT molecular complexity index is 624. The second-order valence-corrected chi connectivity index (χ2v) is 6.61. The van der Waals surface area contributed by atoms with Crippen molar-refractivity contribution in [3.8, 4) is 5.75 Å². The molecule has 0 unspecified atom stereocenters. The van der Waals surface area contributed by atoms with Gasteiger partial charge < -0.3 is 15.1 Å². The number of hydrazine groups is 1. The molecule has 2 N–H and O–H groups in total. The summed E-state index contributed by atoms with van der Waals surface area (Å²) in [5, 5.41) is 0. The van der Waals surface area contributed by atoms with Crippen molar-refractivity contribution >= 4 is 5.69 Å². The van der Waals surface area contributed by atoms with Gasteiger partial charge in [0.25, 0.3) is 0 Å². The van der Waals surface area contributed by atoms with Gasteiger partial charge in [0.2, 0.25) is 0 Å². The normalized spacial score (nSPS) is 15.7. The van der Waals surface area contributed by atoms with Crippen molar-refractivity contribution in [3.63, 3.8) is 0 Å². The summed E-state index contributed by atoms with van der Waals surface area (Å²) in [7, 11) is 0. The van der Waals surface area contributed by atoms with Gasteiger partial charge >= 0.3 is 0 Å². The van der Waals surface area contributed by atoms with Crippen molar-refractivity contribution in [1.29, 1.82) is 0 Å². The molecule has 0 aliphatic carbocycles. The van der Waals surface area contributed by atoms with Gasteiger partial charge in [-0.2, -0.15) is 0 Å². The van der Waals surface area contributed by atoms with Crippen molar-refractivity contribution in [3.05, 3.63) is 60.2 Å². The molecule has 5 heteroatoms. The van der Waals surface area contributed by atoms with Crippen LogP contribution < -0.4 is 15.6 Å². The maximum absolute atomic E-state index is 5.90. The lowest BCUT2D eigenvalue weighted by molar-refractivity contribution is 0.121. The fourth-order valence-electron chi connectivity index (χ4n) is 3.10. The molecule has 1 fully saturated rings. The largest absolute Gasteiger partial charge is 0.492 e. The zero-order valence-electron chi connectivity index (χ0n) is 15.7. The van der Waals surface area contributed by atoms with E-state index in [2.05, 4.69) is 51.8 Å². The first-order valence-electron chi connectivity index (χ1n) is 9.54. The number of rotatable bonds is 9. The highest BCUT2D eigenvalue weighted by Crippen LogP contribution is 2.12. The lowest BCUT2D eigenvalue weighted by Crippen LogP contribution is -2.47. The van der Waals surface area contributed by atoms with E-state index in [1.807, 2.05) is 30.3 Å². The molecule has 5 nitrogen and oxygen atoms in total. The highest BCUT2D eigenvalue weighted by Gasteiger charge is 2.14. The molecule has 0 spiro atoms. The molecule has 2 aromatic carbocycles. The van der Waals surface area contributed by atoms with E-state index in [0.29, 0.717) is 0 Å². The van der Waals surface area contributed by atoms with Gasteiger partial charge in [-0.25, -0.2) is 5.43 Å². The first-order chi connectivity index (χ1) is 12.8. The van der Waals surface area contributed by atoms with E-state index in [0.717, 1.165) is 50.8 Å². The Labute approximate surface area is 156 Å². The molecule has 26 heavy (non-hydrogen) atoms. The van der Waals surface area contributed by atoms with Crippen LogP contribution in [0.2, 0.25) is 0 Å². The SMILES string of the molecule is CCN1CCN(CCOc2ccc(CNNc3ccccc3)cc2)CC1. The molecule has 2 aromatic rings. The number of anilines is 1. The van der Waals surface area contributed by atoms with Crippen molar-refractivity contribution in [2.45, 2.75) is 13.5 Å². The lowest BCUT2D eigenvalue weighted by atomic mass is 10.2. The van der Waals surface area contributed by atoms with Crippen LogP contribution in [0.1, 0.15) is 12.5 Å². The Morgan fingerprint density at radius 3 is 2.27 bits per heavy atom. The summed E-state index contributed by atoms with van der Waals surface area (Å²) in [5.41, 5.74) is 8.71. The third kappa shape index (κ3) is 6.02. The molecule has 0 amide bonds. The quantitative estimate of drug-likeness (QED) is 0.678. The average Bonchev–Trinajstić information content (AvgIpc) is 2.70. The molecule has 1 heterocycles. The van der Waals surface area contributed by atoms with Crippen molar-refractivity contribution in [1.82, 2.24) is 15.2 Å². The third-order valence-electron chi connectivity index (χ3n) is 4.81. The molecule has 1 aliphatic rings. The summed E-state index contributed by atoms with van der Waals surface area (Å²) < 4.78 is 5.90. The monoisotopic (exact) mass is 354 g/mol. The second-order valence-electron chi connectivity index (χ2n) is 6.61. The van der Waals surface area contributed by atoms with Gasteiger partial charge in [0.15, 0.2) is 0 Å². The van der Waals surface area contributed by atoms with Crippen LogP contribution in [0, 0.1) is 0 Å². The van der Waals surface area contributed by atoms with Crippen LogP contribution in [0.15, 0.2) is 54.6 Å². The van der Waals surface area contributed by atoms with Crippen LogP contribution in [-0.4, -0.2) is 55.7 Å². The summed E-state index contributed by atoms with van der Waals surface area (Å²) in [4.78, 5) is 4.98. The number of piperazine rings is 1. The number of hydrogen-bond donors (Lipinski definition) is 2. The molecule has 1 saturated heterocycles. The molecule has 0 radical (unpaired) electrons. The first kappa shape index (κ1) is 18.7. The van der Waals surface area contributed by atoms with E-state index in [1.54, 1.807) is 0 Å². The van der Waals surface area contributed by atoms with E-state index in [9.17, 15) is 0 Å². The minimum Gasteiger partial charge on any atom is -0.492 e. The third-order valence-corrected chi connectivity index (χ3v) is 4.81. The van der Waals surface area contributed by atoms with E-state index >= 15 is 0 Å². The summed E-state index contributed by atoms with van der Waals surface area (Å²) in [6, 6.07) is 18.4. The van der Waals surface area contributed by atoms with Gasteiger partial charge in [-0.3, -0.25) is 4.90 Å². The van der Waals surface area contributed by atoms with Gasteiger partial charge in [-0.1, -0.05) is 37.3 Å². The highest BCUT2D eigenvalue weighted by atomic mass is 16.5. The fourth-order valence-corrected chi connectivity index (χ4v) is 3.10. The number of benzene rings is 2. The van der Waals surface area contributed by atoms with Crippen molar-refractivity contribution < 1.29 is 4.74 Å². The van der Waals surface area contributed by atoms with Crippen molar-refractivity contribution in [2.75, 3.05) is 51.3 Å². The molecule has 0 saturated carbocycles. The predicted octanol–water partition coefficient (Wildman–Crippen LogP) is 2.82. The van der Waals surface area contributed by atoms with Gasteiger partial charge in [0.05, 0.1) is 0 Å². The summed E-state index contributed by atoms with van der Waals surface area (Å²) >= 11 is 0. The number of likely N-dealkylation sites (N-methyl/N-ethyl adjacent to an activating group) is 1. The van der Waals surface area contributed by atoms with Crippen LogP contribution in [0.5, 0.6) is 5.75 Å². The molecule has 140 valence electrons. The topological polar surface area (TPSA) is 39.8 Å². The second kappa shape index (κ2) is 10.2. The Hall–Kier alpha value is -2.08. The molecular weight excluding hydrogens is 324 g/mol. The van der Waals surface area contributed by atoms with Crippen LogP contribution in [0.4, 0.5) is 5.69 Å². The Balaban J connectivity index is 1.33. The minimum atomic E-state index is 0.749. The van der Waals surface area contributed by atoms with Crippen molar-refractivity contribution in [2.24, 2.45) is 0 Å². The van der Waals surface area contributed by atoms with Crippen LogP contribution in [-0.2, 0) is 6.54 Å². The predicted molar refractivity (Wildman–Crippen MR) is 107 cm³/mol. The fraction of sp³-hybridized carbons (Fsp3) is 0.429. The summed E-state index contributed by atoms with van der Waals surface area (Å²) in [6.45, 7) is 10.6. The van der Waals surface area contributed by atoms with Gasteiger partial charge in [-0.05, 0) is 36.4 Å². The first-order valence-corrected chi connectivity index (χ1v) is 9.54. The van der Waals surface area contributed by atoms with E-state index < -0.39 is 0 Å². The van der Waals surface area contributed by atoms with Crippen LogP contribution in [0.25, 0.3) is 0 Å². The summed E-state index contributed by atoms with van der Waals surface area (Å²) in [6.07, 6.45) is 0. The zero-order chi connectivity index (χ0) is 18.0. The maximum atomic E-state index is 5.90. The van der Waals surface area contributed by atoms with E-state index in [-0.39, 0.29) is 0 Å². The standard InChI is InChI=1S/C21H30N4O/c1-2-24-12-14-25(15-13-24)16-17-26-21-10-8-19(9-11-21)18-22-23-20-6-4-3-5-7-20/h3-11,22-23H,2,12-18H2,1H3. The number of ether oxygens (including phenoxy) is 1. The molecule has 3 rings (SSSR count). The molecule has 0 atom stereocenters. The minimum absolute atomic E-state index is 0.749. The highest BCUT2D eigenvalue weighted by molar-refractivity contribution is 5.41. The zero-order valence-corrected chi connectivity index (χ0v) is 15.7. The number of hydrogen-bond acceptors (Lipinski definition) is 5. The molecular formula is C21H30N4O. The van der Waals surface area contributed by atoms with Gasteiger partial charge in [-0.15, -0.1) is 0 Å². The number of nitrogens with zero attached hydrogens (tertiary/aromatic N) is 2. The average molecular weight is 354 g/mol. The van der Waals surface area contributed by atoms with Gasteiger partial charge in [0, 0.05) is 45.0 Å². The smallest absolute Gasteiger partial charge is 0.119 e. The molecule has 0 bridgehead atoms. The Morgan fingerprint density at radius 2 is 1.58 bits per heavy atom. The van der Waals surface area contributed by atoms with E-state index in [1.165, 1.54) is 18.7 Å². The molecule has 1 aliphatic heterocycles.